The maximum absolute atomic E-state index is 5.31. The van der Waals surface area contributed by atoms with Gasteiger partial charge in [-0.1, -0.05) is 0 Å². The lowest BCUT2D eigenvalue weighted by Gasteiger charge is -2.00. The Bertz CT molecular complexity index is 702. The molecule has 3 rings (SSSR count). The monoisotopic (exact) mass is 254 g/mol. The summed E-state index contributed by atoms with van der Waals surface area (Å²) in [4.78, 5) is 4.61. The maximum Gasteiger partial charge on any atom is 0.180 e. The van der Waals surface area contributed by atoms with E-state index in [2.05, 4.69) is 4.98 Å². The first kappa shape index (κ1) is 11.6. The smallest absolute Gasteiger partial charge is 0.180 e. The van der Waals surface area contributed by atoms with Crippen LogP contribution in [0.3, 0.4) is 0 Å². The zero-order chi connectivity index (χ0) is 13.2. The van der Waals surface area contributed by atoms with Crippen LogP contribution in [0.25, 0.3) is 16.9 Å². The number of fused-ring (bicyclic) bond motifs is 1. The van der Waals surface area contributed by atoms with Gasteiger partial charge in [0.25, 0.3) is 0 Å². The van der Waals surface area contributed by atoms with Crippen molar-refractivity contribution < 1.29 is 9.47 Å². The van der Waals surface area contributed by atoms with E-state index < -0.39 is 0 Å². The van der Waals surface area contributed by atoms with Gasteiger partial charge >= 0.3 is 0 Å². The van der Waals surface area contributed by atoms with Crippen LogP contribution < -0.4 is 9.47 Å². The molecule has 0 amide bonds. The van der Waals surface area contributed by atoms with Gasteiger partial charge in [-0.15, -0.1) is 0 Å². The van der Waals surface area contributed by atoms with Crippen LogP contribution in [0, 0.1) is 0 Å². The number of benzene rings is 1. The van der Waals surface area contributed by atoms with Gasteiger partial charge in [0, 0.05) is 18.0 Å². The van der Waals surface area contributed by atoms with Crippen molar-refractivity contribution in [1.29, 1.82) is 0 Å². The molecule has 3 aromatic rings. The Hall–Kier alpha value is -2.49. The molecule has 0 bridgehead atoms. The average Bonchev–Trinajstić information content (AvgIpc) is 2.91. The first-order valence-corrected chi connectivity index (χ1v) is 5.98. The van der Waals surface area contributed by atoms with E-state index in [1.807, 2.05) is 53.2 Å². The molecule has 0 unspecified atom stereocenters. The topological polar surface area (TPSA) is 35.8 Å². The maximum atomic E-state index is 5.31. The number of ether oxygens (including phenoxy) is 2. The summed E-state index contributed by atoms with van der Waals surface area (Å²) in [6.45, 7) is 0. The van der Waals surface area contributed by atoms with Gasteiger partial charge in [0.1, 0.15) is 5.75 Å². The summed E-state index contributed by atoms with van der Waals surface area (Å²) in [6.07, 6.45) is 3.94. The van der Waals surface area contributed by atoms with E-state index in [-0.39, 0.29) is 0 Å². The summed E-state index contributed by atoms with van der Waals surface area (Å²) in [6, 6.07) is 11.7. The lowest BCUT2D eigenvalue weighted by atomic mass is 10.2. The molecular weight excluding hydrogens is 240 g/mol. The lowest BCUT2D eigenvalue weighted by molar-refractivity contribution is 0.415. The number of aromatic nitrogens is 2. The number of imidazole rings is 1. The second-order valence-corrected chi connectivity index (χ2v) is 4.16. The molecule has 19 heavy (non-hydrogen) atoms. The molecule has 0 radical (unpaired) electrons. The molecule has 0 aliphatic heterocycles. The largest absolute Gasteiger partial charge is 0.497 e. The number of methoxy groups -OCH3 is 2. The minimum atomic E-state index is 0.766. The van der Waals surface area contributed by atoms with Crippen LogP contribution in [0.15, 0.2) is 48.8 Å². The Balaban J connectivity index is 2.09. The van der Waals surface area contributed by atoms with Gasteiger partial charge in [0.15, 0.2) is 11.4 Å². The summed E-state index contributed by atoms with van der Waals surface area (Å²) < 4.78 is 12.4. The molecule has 0 saturated carbocycles. The third-order valence-electron chi connectivity index (χ3n) is 3.05. The van der Waals surface area contributed by atoms with Gasteiger partial charge < -0.3 is 13.9 Å². The molecule has 0 N–H and O–H groups in total. The van der Waals surface area contributed by atoms with Crippen molar-refractivity contribution in [2.24, 2.45) is 0 Å². The van der Waals surface area contributed by atoms with Crippen LogP contribution in [-0.2, 0) is 0 Å². The third kappa shape index (κ3) is 2.01. The van der Waals surface area contributed by atoms with Gasteiger partial charge in [-0.05, 0) is 36.4 Å². The zero-order valence-electron chi connectivity index (χ0n) is 10.8. The van der Waals surface area contributed by atoms with E-state index in [1.54, 1.807) is 14.2 Å². The average molecular weight is 254 g/mol. The van der Waals surface area contributed by atoms with Crippen molar-refractivity contribution in [3.8, 4) is 22.8 Å². The fraction of sp³-hybridized carbons (Fsp3) is 0.133. The van der Waals surface area contributed by atoms with E-state index in [9.17, 15) is 0 Å². The van der Waals surface area contributed by atoms with Gasteiger partial charge in [0.2, 0.25) is 0 Å². The molecule has 4 heteroatoms. The summed E-state index contributed by atoms with van der Waals surface area (Å²) in [5.41, 5.74) is 2.77. The van der Waals surface area contributed by atoms with Gasteiger partial charge in [-0.25, -0.2) is 4.98 Å². The molecule has 96 valence electrons. The minimum absolute atomic E-state index is 0.766. The lowest BCUT2D eigenvalue weighted by Crippen LogP contribution is -1.88. The molecule has 0 atom stereocenters. The van der Waals surface area contributed by atoms with Crippen LogP contribution in [0.4, 0.5) is 0 Å². The highest BCUT2D eigenvalue weighted by Crippen LogP contribution is 2.25. The van der Waals surface area contributed by atoms with Crippen LogP contribution in [0.1, 0.15) is 0 Å². The molecule has 0 aliphatic rings. The van der Waals surface area contributed by atoms with E-state index in [0.717, 1.165) is 28.4 Å². The molecule has 2 aromatic heterocycles. The second kappa shape index (κ2) is 4.65. The van der Waals surface area contributed by atoms with Gasteiger partial charge in [0.05, 0.1) is 19.9 Å². The third-order valence-corrected chi connectivity index (χ3v) is 3.05. The molecule has 2 heterocycles. The molecule has 4 nitrogen and oxygen atoms in total. The molecule has 0 spiro atoms. The molecule has 0 fully saturated rings. The zero-order valence-corrected chi connectivity index (χ0v) is 10.8. The minimum Gasteiger partial charge on any atom is -0.497 e. The van der Waals surface area contributed by atoms with Crippen LogP contribution in [0.2, 0.25) is 0 Å². The van der Waals surface area contributed by atoms with Gasteiger partial charge in [-0.2, -0.15) is 0 Å². The van der Waals surface area contributed by atoms with Crippen molar-refractivity contribution in [3.63, 3.8) is 0 Å². The molecule has 0 aliphatic carbocycles. The summed E-state index contributed by atoms with van der Waals surface area (Å²) >= 11 is 0. The fourth-order valence-corrected chi connectivity index (χ4v) is 2.05. The Morgan fingerprint density at radius 2 is 1.79 bits per heavy atom. The van der Waals surface area contributed by atoms with E-state index >= 15 is 0 Å². The Kier molecular flexibility index (Phi) is 2.83. The molecule has 0 saturated heterocycles. The van der Waals surface area contributed by atoms with Crippen LogP contribution in [0.5, 0.6) is 11.5 Å². The Morgan fingerprint density at radius 3 is 2.47 bits per heavy atom. The predicted molar refractivity (Wildman–Crippen MR) is 73.7 cm³/mol. The van der Waals surface area contributed by atoms with Crippen molar-refractivity contribution in [2.75, 3.05) is 14.2 Å². The fourth-order valence-electron chi connectivity index (χ4n) is 2.05. The van der Waals surface area contributed by atoms with Crippen molar-refractivity contribution in [3.05, 3.63) is 48.8 Å². The Morgan fingerprint density at radius 1 is 1.00 bits per heavy atom. The van der Waals surface area contributed by atoms with E-state index in [0.29, 0.717) is 0 Å². The quantitative estimate of drug-likeness (QED) is 0.720. The van der Waals surface area contributed by atoms with Crippen molar-refractivity contribution in [2.45, 2.75) is 0 Å². The second-order valence-electron chi connectivity index (χ2n) is 4.16. The Labute approximate surface area is 111 Å². The highest BCUT2D eigenvalue weighted by atomic mass is 16.5. The predicted octanol–water partition coefficient (Wildman–Crippen LogP) is 3.02. The SMILES string of the molecule is COc1ccc(-c2cn3cccc(OC)c3n2)cc1. The summed E-state index contributed by atoms with van der Waals surface area (Å²) in [5, 5.41) is 0. The first-order valence-electron chi connectivity index (χ1n) is 5.98. The van der Waals surface area contributed by atoms with Crippen LogP contribution in [-0.4, -0.2) is 23.6 Å². The number of pyridine rings is 1. The summed E-state index contributed by atoms with van der Waals surface area (Å²) in [5.74, 6) is 1.60. The number of rotatable bonds is 3. The number of nitrogens with zero attached hydrogens (tertiary/aromatic N) is 2. The van der Waals surface area contributed by atoms with E-state index in [4.69, 9.17) is 9.47 Å². The molecule has 1 aromatic carbocycles. The van der Waals surface area contributed by atoms with Gasteiger partial charge in [-0.3, -0.25) is 0 Å². The number of hydrogen-bond acceptors (Lipinski definition) is 3. The van der Waals surface area contributed by atoms with Crippen molar-refractivity contribution in [1.82, 2.24) is 9.38 Å². The molecular formula is C15H14N2O2. The normalized spacial score (nSPS) is 10.6. The first-order chi connectivity index (χ1) is 9.31. The van der Waals surface area contributed by atoms with Crippen LogP contribution >= 0.6 is 0 Å². The number of hydrogen-bond donors (Lipinski definition) is 0. The van der Waals surface area contributed by atoms with Crippen molar-refractivity contribution >= 4 is 5.65 Å². The highest BCUT2D eigenvalue weighted by Gasteiger charge is 2.08. The summed E-state index contributed by atoms with van der Waals surface area (Å²) in [7, 11) is 3.31. The highest BCUT2D eigenvalue weighted by molar-refractivity contribution is 5.66. The standard InChI is InChI=1S/C15H14N2O2/c1-18-12-7-5-11(6-8-12)13-10-17-9-3-4-14(19-2)15(17)16-13/h3-10H,1-2H3. The van der Waals surface area contributed by atoms with E-state index in [1.165, 1.54) is 0 Å².